The van der Waals surface area contributed by atoms with E-state index in [1.54, 1.807) is 12.0 Å². The third-order valence-electron chi connectivity index (χ3n) is 9.57. The summed E-state index contributed by atoms with van der Waals surface area (Å²) in [6.45, 7) is 22.8. The van der Waals surface area contributed by atoms with Gasteiger partial charge in [0.15, 0.2) is 0 Å². The molecule has 0 saturated heterocycles. The van der Waals surface area contributed by atoms with Crippen LogP contribution in [0, 0.1) is 6.92 Å². The van der Waals surface area contributed by atoms with E-state index >= 15 is 0 Å². The molecule has 0 bridgehead atoms. The zero-order valence-corrected chi connectivity index (χ0v) is 34.8. The van der Waals surface area contributed by atoms with Crippen molar-refractivity contribution in [2.45, 2.75) is 98.0 Å². The van der Waals surface area contributed by atoms with Crippen molar-refractivity contribution >= 4 is 66.8 Å². The minimum Gasteiger partial charge on any atom is -0.497 e. The molecule has 6 rings (SSSR count). The van der Waals surface area contributed by atoms with Gasteiger partial charge < -0.3 is 14.6 Å². The van der Waals surface area contributed by atoms with Crippen molar-refractivity contribution < 1.29 is 24.2 Å². The van der Waals surface area contributed by atoms with Gasteiger partial charge in [-0.3, -0.25) is 0 Å². The molecule has 2 amide bonds. The Labute approximate surface area is 319 Å². The number of methoxy groups -OCH3 is 1. The fourth-order valence-corrected chi connectivity index (χ4v) is 8.56. The van der Waals surface area contributed by atoms with Gasteiger partial charge in [-0.25, -0.2) is 19.4 Å². The highest BCUT2D eigenvalue weighted by molar-refractivity contribution is 9.10. The van der Waals surface area contributed by atoms with Crippen molar-refractivity contribution in [3.05, 3.63) is 109 Å². The highest BCUT2D eigenvalue weighted by Gasteiger charge is 2.43. The molecule has 51 heavy (non-hydrogen) atoms. The van der Waals surface area contributed by atoms with Crippen LogP contribution in [0.5, 0.6) is 5.75 Å². The fraction of sp³-hybridized carbons (Fsp3) is 0.381. The summed E-state index contributed by atoms with van der Waals surface area (Å²) in [4.78, 5) is 28.3. The van der Waals surface area contributed by atoms with Crippen LogP contribution in [0.15, 0.2) is 75.7 Å². The van der Waals surface area contributed by atoms with Gasteiger partial charge in [0.05, 0.1) is 29.9 Å². The molecule has 0 aromatic heterocycles. The minimum absolute atomic E-state index is 0.118. The Morgan fingerprint density at radius 2 is 1.29 bits per heavy atom. The first kappa shape index (κ1) is 38.4. The van der Waals surface area contributed by atoms with E-state index in [1.807, 2.05) is 82.3 Å². The van der Waals surface area contributed by atoms with Crippen LogP contribution in [-0.2, 0) is 21.0 Å². The molecule has 4 aromatic carbocycles. The van der Waals surface area contributed by atoms with Crippen LogP contribution in [0.1, 0.15) is 103 Å². The van der Waals surface area contributed by atoms with Gasteiger partial charge in [-0.15, -0.1) is 0 Å². The van der Waals surface area contributed by atoms with E-state index in [2.05, 4.69) is 92.5 Å². The van der Waals surface area contributed by atoms with Crippen LogP contribution < -0.4 is 14.5 Å². The fourth-order valence-electron chi connectivity index (χ4n) is 7.27. The first-order chi connectivity index (χ1) is 23.5. The quantitative estimate of drug-likeness (QED) is 0.207. The van der Waals surface area contributed by atoms with Crippen molar-refractivity contribution in [2.24, 2.45) is 0 Å². The number of fused-ring (bicyclic) bond motifs is 4. The summed E-state index contributed by atoms with van der Waals surface area (Å²) in [5, 5.41) is 9.95. The molecule has 4 aromatic rings. The molecule has 270 valence electrons. The van der Waals surface area contributed by atoms with Gasteiger partial charge >= 0.3 is 12.2 Å². The largest absolute Gasteiger partial charge is 0.497 e. The average Bonchev–Trinajstić information content (AvgIpc) is 3.00. The lowest BCUT2D eigenvalue weighted by molar-refractivity contribution is 0.0597. The standard InChI is InChI=1S/C21H24BrNO3.C21H24BrNO2/c1-20(2,3)26-19(24)23-17-10-7-13(22)11-16(17)21(4,5)15-9-8-14(25-6)12-18(15)23;1-12-7-9-15-13(11-12)21(5,6)18-16(23(15)19(24)25)10-8-14(22)17(18)20(2,3)4/h7-12H,1-6H3;7-11H,1-6H3,(H,24,25). The highest BCUT2D eigenvalue weighted by atomic mass is 79.9. The van der Waals surface area contributed by atoms with E-state index in [-0.39, 0.29) is 16.2 Å². The second kappa shape index (κ2) is 13.3. The Morgan fingerprint density at radius 1 is 0.706 bits per heavy atom. The van der Waals surface area contributed by atoms with Crippen molar-refractivity contribution in [2.75, 3.05) is 16.9 Å². The maximum Gasteiger partial charge on any atom is 0.419 e. The van der Waals surface area contributed by atoms with Crippen LogP contribution in [0.4, 0.5) is 32.3 Å². The van der Waals surface area contributed by atoms with E-state index in [1.165, 1.54) is 4.90 Å². The molecule has 2 heterocycles. The maximum absolute atomic E-state index is 13.1. The Hall–Kier alpha value is -3.82. The molecule has 0 aliphatic carbocycles. The van der Waals surface area contributed by atoms with E-state index in [4.69, 9.17) is 9.47 Å². The molecule has 7 nitrogen and oxygen atoms in total. The molecule has 0 fully saturated rings. The number of carbonyl (C=O) groups is 2. The number of carbonyl (C=O) groups excluding carboxylic acids is 1. The predicted octanol–water partition coefficient (Wildman–Crippen LogP) is 12.7. The van der Waals surface area contributed by atoms with Crippen molar-refractivity contribution in [3.63, 3.8) is 0 Å². The van der Waals surface area contributed by atoms with Crippen LogP contribution in [-0.4, -0.2) is 30.0 Å². The summed E-state index contributed by atoms with van der Waals surface area (Å²) in [6, 6.07) is 21.7. The number of hydrogen-bond acceptors (Lipinski definition) is 4. The lowest BCUT2D eigenvalue weighted by atomic mass is 9.68. The van der Waals surface area contributed by atoms with Crippen LogP contribution in [0.25, 0.3) is 0 Å². The van der Waals surface area contributed by atoms with E-state index in [0.29, 0.717) is 5.75 Å². The number of amides is 2. The van der Waals surface area contributed by atoms with Gasteiger partial charge in [0.1, 0.15) is 11.4 Å². The second-order valence-corrected chi connectivity index (χ2v) is 18.1. The number of carboxylic acid groups (broad SMARTS) is 1. The lowest BCUT2D eigenvalue weighted by Gasteiger charge is -2.43. The number of rotatable bonds is 1. The first-order valence-electron chi connectivity index (χ1n) is 17.0. The zero-order chi connectivity index (χ0) is 38.0. The third kappa shape index (κ3) is 7.04. The Kier molecular flexibility index (Phi) is 10.0. The van der Waals surface area contributed by atoms with Crippen molar-refractivity contribution in [3.8, 4) is 5.75 Å². The molecule has 1 N–H and O–H groups in total. The number of halogens is 2. The summed E-state index contributed by atoms with van der Waals surface area (Å²) < 4.78 is 13.1. The van der Waals surface area contributed by atoms with Gasteiger partial charge in [0.25, 0.3) is 0 Å². The minimum atomic E-state index is -0.955. The maximum atomic E-state index is 13.1. The molecule has 0 radical (unpaired) electrons. The molecule has 2 aliphatic rings. The SMILES string of the molecule is COc1ccc2c(c1)N(C(=O)OC(C)(C)C)c1ccc(Br)cc1C2(C)C.Cc1ccc2c(c1)C(C)(C)c1c(ccc(Br)c1C(C)(C)C)N2C(=O)O. The molecule has 0 atom stereocenters. The molecule has 0 unspecified atom stereocenters. The summed E-state index contributed by atoms with van der Waals surface area (Å²) in [7, 11) is 1.62. The lowest BCUT2D eigenvalue weighted by Crippen LogP contribution is -2.39. The summed E-state index contributed by atoms with van der Waals surface area (Å²) >= 11 is 7.26. The average molecular weight is 821 g/mol. The van der Waals surface area contributed by atoms with E-state index < -0.39 is 17.8 Å². The Bertz CT molecular complexity index is 2040. The molecular formula is C42H48Br2N2O5. The monoisotopic (exact) mass is 818 g/mol. The summed E-state index contributed by atoms with van der Waals surface area (Å²) in [6.07, 6.45) is -1.35. The first-order valence-corrected chi connectivity index (χ1v) is 18.6. The van der Waals surface area contributed by atoms with Crippen LogP contribution in [0.2, 0.25) is 0 Å². The molecular weight excluding hydrogens is 772 g/mol. The van der Waals surface area contributed by atoms with Gasteiger partial charge in [-0.2, -0.15) is 0 Å². The van der Waals surface area contributed by atoms with E-state index in [0.717, 1.165) is 65.1 Å². The van der Waals surface area contributed by atoms with Gasteiger partial charge in [-0.05, 0) is 103 Å². The topological polar surface area (TPSA) is 79.3 Å². The normalized spacial score (nSPS) is 15.3. The second-order valence-electron chi connectivity index (χ2n) is 16.3. The zero-order valence-electron chi connectivity index (χ0n) is 31.6. The Morgan fingerprint density at radius 3 is 1.88 bits per heavy atom. The van der Waals surface area contributed by atoms with Crippen molar-refractivity contribution in [1.82, 2.24) is 0 Å². The predicted molar refractivity (Wildman–Crippen MR) is 214 cm³/mol. The highest BCUT2D eigenvalue weighted by Crippen LogP contribution is 2.54. The van der Waals surface area contributed by atoms with Gasteiger partial charge in [0, 0.05) is 25.8 Å². The van der Waals surface area contributed by atoms with Crippen LogP contribution >= 0.6 is 31.9 Å². The van der Waals surface area contributed by atoms with Gasteiger partial charge in [0.2, 0.25) is 0 Å². The smallest absolute Gasteiger partial charge is 0.419 e. The van der Waals surface area contributed by atoms with Crippen LogP contribution in [0.3, 0.4) is 0 Å². The molecule has 0 saturated carbocycles. The third-order valence-corrected chi connectivity index (χ3v) is 10.7. The van der Waals surface area contributed by atoms with E-state index in [9.17, 15) is 14.7 Å². The summed E-state index contributed by atoms with van der Waals surface area (Å²) in [5.41, 5.74) is 8.39. The Balaban J connectivity index is 0.000000198. The van der Waals surface area contributed by atoms with Crippen molar-refractivity contribution in [1.29, 1.82) is 0 Å². The molecule has 2 aliphatic heterocycles. The number of aryl methyl sites for hydroxylation is 1. The number of hydrogen-bond donors (Lipinski definition) is 1. The summed E-state index contributed by atoms with van der Waals surface area (Å²) in [5.74, 6) is 0.702. The number of anilines is 4. The number of nitrogens with zero attached hydrogens (tertiary/aromatic N) is 2. The number of ether oxygens (including phenoxy) is 2. The molecule has 9 heteroatoms. The molecule has 0 spiro atoms. The number of benzene rings is 4. The van der Waals surface area contributed by atoms with Gasteiger partial charge in [-0.1, -0.05) is 104 Å².